The molecule has 0 radical (unpaired) electrons. The molecule has 98 valence electrons. The van der Waals surface area contributed by atoms with Gasteiger partial charge in [0.15, 0.2) is 0 Å². The number of anilines is 1. The van der Waals surface area contributed by atoms with E-state index >= 15 is 0 Å². The zero-order chi connectivity index (χ0) is 13.6. The van der Waals surface area contributed by atoms with Crippen molar-refractivity contribution in [2.24, 2.45) is 5.10 Å². The van der Waals surface area contributed by atoms with Crippen molar-refractivity contribution in [3.05, 3.63) is 71.6 Å². The fourth-order valence-electron chi connectivity index (χ4n) is 1.77. The summed E-state index contributed by atoms with van der Waals surface area (Å²) in [5.74, 6) is 0. The van der Waals surface area contributed by atoms with Crippen LogP contribution in [0.1, 0.15) is 5.56 Å². The molecule has 0 aliphatic rings. The topological polar surface area (TPSA) is 37.3 Å². The molecule has 0 saturated heterocycles. The number of nitrogens with zero attached hydrogens (tertiary/aromatic N) is 2. The molecule has 1 aromatic heterocycles. The lowest BCUT2D eigenvalue weighted by Gasteiger charge is -1.95. The van der Waals surface area contributed by atoms with Crippen molar-refractivity contribution in [3.63, 3.8) is 0 Å². The first-order valence-corrected chi connectivity index (χ1v) is 7.15. The number of hydrogen-bond acceptors (Lipinski definition) is 4. The van der Waals surface area contributed by atoms with E-state index in [1.807, 2.05) is 66.0 Å². The van der Waals surface area contributed by atoms with Crippen LogP contribution >= 0.6 is 11.3 Å². The molecule has 2 aromatic carbocycles. The maximum absolute atomic E-state index is 4.51. The van der Waals surface area contributed by atoms with Crippen molar-refractivity contribution in [1.82, 2.24) is 4.98 Å². The third-order valence-corrected chi connectivity index (χ3v) is 3.49. The Balaban J connectivity index is 1.68. The van der Waals surface area contributed by atoms with Gasteiger partial charge in [-0.3, -0.25) is 5.43 Å². The Labute approximate surface area is 121 Å². The maximum Gasteiger partial charge on any atom is 0.203 e. The molecule has 20 heavy (non-hydrogen) atoms. The molecule has 0 fully saturated rings. The molecule has 0 atom stereocenters. The van der Waals surface area contributed by atoms with Gasteiger partial charge in [0.1, 0.15) is 0 Å². The Morgan fingerprint density at radius 2 is 1.65 bits per heavy atom. The summed E-state index contributed by atoms with van der Waals surface area (Å²) in [5, 5.41) is 7.00. The molecular formula is C16H13N3S. The summed E-state index contributed by atoms with van der Waals surface area (Å²) < 4.78 is 0. The van der Waals surface area contributed by atoms with Gasteiger partial charge in [-0.25, -0.2) is 4.98 Å². The molecule has 1 N–H and O–H groups in total. The summed E-state index contributed by atoms with van der Waals surface area (Å²) in [6.45, 7) is 0. The van der Waals surface area contributed by atoms with Crippen LogP contribution in [-0.2, 0) is 0 Å². The second-order valence-corrected chi connectivity index (χ2v) is 5.04. The monoisotopic (exact) mass is 279 g/mol. The van der Waals surface area contributed by atoms with Gasteiger partial charge in [0.05, 0.1) is 11.9 Å². The highest BCUT2D eigenvalue weighted by Gasteiger charge is 2.02. The Hall–Kier alpha value is -2.46. The number of nitrogens with one attached hydrogen (secondary N) is 1. The van der Waals surface area contributed by atoms with Crippen molar-refractivity contribution in [3.8, 4) is 11.3 Å². The molecule has 0 amide bonds. The van der Waals surface area contributed by atoms with Gasteiger partial charge in [0.25, 0.3) is 0 Å². The molecule has 4 heteroatoms. The van der Waals surface area contributed by atoms with Crippen LogP contribution in [-0.4, -0.2) is 11.2 Å². The summed E-state index contributed by atoms with van der Waals surface area (Å²) in [5.41, 5.74) is 6.10. The van der Waals surface area contributed by atoms with Gasteiger partial charge in [-0.05, 0) is 5.56 Å². The Morgan fingerprint density at radius 3 is 2.40 bits per heavy atom. The van der Waals surface area contributed by atoms with Gasteiger partial charge in [0.2, 0.25) is 5.13 Å². The fourth-order valence-corrected chi connectivity index (χ4v) is 2.44. The summed E-state index contributed by atoms with van der Waals surface area (Å²) in [6.07, 6.45) is 1.78. The van der Waals surface area contributed by atoms with E-state index < -0.39 is 0 Å². The van der Waals surface area contributed by atoms with Crippen LogP contribution in [0.3, 0.4) is 0 Å². The molecule has 0 saturated carbocycles. The minimum Gasteiger partial charge on any atom is -0.253 e. The third kappa shape index (κ3) is 3.10. The van der Waals surface area contributed by atoms with Gasteiger partial charge in [-0.15, -0.1) is 11.3 Å². The second-order valence-electron chi connectivity index (χ2n) is 4.18. The number of rotatable bonds is 4. The summed E-state index contributed by atoms with van der Waals surface area (Å²) in [7, 11) is 0. The number of hydrazone groups is 1. The summed E-state index contributed by atoms with van der Waals surface area (Å²) >= 11 is 1.54. The lowest BCUT2D eigenvalue weighted by atomic mass is 10.2. The van der Waals surface area contributed by atoms with E-state index in [1.165, 1.54) is 0 Å². The normalized spacial score (nSPS) is 10.8. The predicted octanol–water partition coefficient (Wildman–Crippen LogP) is 4.26. The van der Waals surface area contributed by atoms with Gasteiger partial charge in [-0.1, -0.05) is 60.7 Å². The summed E-state index contributed by atoms with van der Waals surface area (Å²) in [6, 6.07) is 20.1. The Kier molecular flexibility index (Phi) is 3.85. The highest BCUT2D eigenvalue weighted by Crippen LogP contribution is 2.24. The lowest BCUT2D eigenvalue weighted by molar-refractivity contribution is 1.29. The van der Waals surface area contributed by atoms with Crippen molar-refractivity contribution >= 4 is 22.7 Å². The Bertz CT molecular complexity index is 690. The van der Waals surface area contributed by atoms with Crippen LogP contribution in [0.15, 0.2) is 71.1 Å². The van der Waals surface area contributed by atoms with Crippen molar-refractivity contribution in [1.29, 1.82) is 0 Å². The van der Waals surface area contributed by atoms with Gasteiger partial charge >= 0.3 is 0 Å². The first-order chi connectivity index (χ1) is 9.92. The van der Waals surface area contributed by atoms with Crippen LogP contribution in [0.5, 0.6) is 0 Å². The molecule has 3 aromatic rings. The summed E-state index contributed by atoms with van der Waals surface area (Å²) in [4.78, 5) is 4.51. The highest BCUT2D eigenvalue weighted by atomic mass is 32.1. The Morgan fingerprint density at radius 1 is 0.950 bits per heavy atom. The van der Waals surface area contributed by atoms with E-state index in [0.717, 1.165) is 22.0 Å². The predicted molar refractivity (Wildman–Crippen MR) is 85.2 cm³/mol. The van der Waals surface area contributed by atoms with Gasteiger partial charge < -0.3 is 0 Å². The minimum absolute atomic E-state index is 0.788. The van der Waals surface area contributed by atoms with Crippen molar-refractivity contribution < 1.29 is 0 Å². The minimum atomic E-state index is 0.788. The van der Waals surface area contributed by atoms with E-state index in [4.69, 9.17) is 0 Å². The zero-order valence-corrected chi connectivity index (χ0v) is 11.5. The van der Waals surface area contributed by atoms with Crippen LogP contribution in [0, 0.1) is 0 Å². The van der Waals surface area contributed by atoms with Gasteiger partial charge in [0, 0.05) is 10.9 Å². The number of thiazole rings is 1. The quantitative estimate of drug-likeness (QED) is 0.572. The van der Waals surface area contributed by atoms with E-state index in [0.29, 0.717) is 0 Å². The SMILES string of the molecule is C(=N/Nc1nc(-c2ccccc2)cs1)/c1ccccc1. The third-order valence-electron chi connectivity index (χ3n) is 2.75. The van der Waals surface area contributed by atoms with Crippen molar-refractivity contribution in [2.45, 2.75) is 0 Å². The molecular weight excluding hydrogens is 266 g/mol. The van der Waals surface area contributed by atoms with E-state index in [-0.39, 0.29) is 0 Å². The standard InChI is InChI=1S/C16H13N3S/c1-3-7-13(8-4-1)11-17-19-16-18-15(12-20-16)14-9-5-2-6-10-14/h1-12H,(H,18,19)/b17-11-. The molecule has 3 rings (SSSR count). The molecule has 0 aliphatic carbocycles. The average Bonchev–Trinajstić information content (AvgIpc) is 2.98. The first kappa shape index (κ1) is 12.6. The van der Waals surface area contributed by atoms with Crippen molar-refractivity contribution in [2.75, 3.05) is 5.43 Å². The molecule has 0 spiro atoms. The maximum atomic E-state index is 4.51. The molecule has 0 unspecified atom stereocenters. The van der Waals surface area contributed by atoms with Crippen LogP contribution in [0.25, 0.3) is 11.3 Å². The number of aromatic nitrogens is 1. The van der Waals surface area contributed by atoms with E-state index in [1.54, 1.807) is 17.6 Å². The van der Waals surface area contributed by atoms with Gasteiger partial charge in [-0.2, -0.15) is 5.10 Å². The van der Waals surface area contributed by atoms with E-state index in [2.05, 4.69) is 15.5 Å². The lowest BCUT2D eigenvalue weighted by Crippen LogP contribution is -1.89. The first-order valence-electron chi connectivity index (χ1n) is 6.27. The molecule has 0 bridgehead atoms. The largest absolute Gasteiger partial charge is 0.253 e. The van der Waals surface area contributed by atoms with Crippen LogP contribution in [0.2, 0.25) is 0 Å². The average molecular weight is 279 g/mol. The fraction of sp³-hybridized carbons (Fsp3) is 0. The van der Waals surface area contributed by atoms with Crippen LogP contribution < -0.4 is 5.43 Å². The smallest absolute Gasteiger partial charge is 0.203 e. The zero-order valence-electron chi connectivity index (χ0n) is 10.7. The molecule has 3 nitrogen and oxygen atoms in total. The van der Waals surface area contributed by atoms with Crippen LogP contribution in [0.4, 0.5) is 5.13 Å². The van der Waals surface area contributed by atoms with E-state index in [9.17, 15) is 0 Å². The highest BCUT2D eigenvalue weighted by molar-refractivity contribution is 7.14. The second kappa shape index (κ2) is 6.12. The molecule has 0 aliphatic heterocycles. The molecule has 1 heterocycles. The number of hydrogen-bond donors (Lipinski definition) is 1. The number of benzene rings is 2.